The van der Waals surface area contributed by atoms with Gasteiger partial charge in [-0.2, -0.15) is 0 Å². The van der Waals surface area contributed by atoms with Crippen LogP contribution in [0.2, 0.25) is 0 Å². The zero-order valence-electron chi connectivity index (χ0n) is 13.2. The van der Waals surface area contributed by atoms with Gasteiger partial charge in [0.05, 0.1) is 10.6 Å². The molecule has 2 rings (SSSR count). The molecule has 1 aromatic heterocycles. The Labute approximate surface area is 126 Å². The first-order valence-corrected chi connectivity index (χ1v) is 8.52. The number of thiazole rings is 1. The number of aromatic nitrogens is 1. The summed E-state index contributed by atoms with van der Waals surface area (Å²) in [6.45, 7) is 12.2. The number of carbonyl (C=O) groups excluding carboxylic acids is 1. The molecule has 0 amide bonds. The van der Waals surface area contributed by atoms with E-state index in [4.69, 9.17) is 4.98 Å². The molecule has 0 N–H and O–H groups in total. The Morgan fingerprint density at radius 3 is 2.75 bits per heavy atom. The van der Waals surface area contributed by atoms with Crippen LogP contribution in [0.4, 0.5) is 5.13 Å². The molecule has 2 heterocycles. The third-order valence-electron chi connectivity index (χ3n) is 4.70. The number of nitrogens with zero attached hydrogens (tertiary/aromatic N) is 2. The minimum atomic E-state index is 0.357. The van der Waals surface area contributed by atoms with Crippen molar-refractivity contribution in [1.82, 2.24) is 4.98 Å². The maximum atomic E-state index is 11.3. The summed E-state index contributed by atoms with van der Waals surface area (Å²) in [6, 6.07) is 0.502. The maximum absolute atomic E-state index is 11.3. The number of rotatable bonds is 4. The van der Waals surface area contributed by atoms with Crippen LogP contribution in [0.1, 0.15) is 68.7 Å². The van der Waals surface area contributed by atoms with Crippen molar-refractivity contribution in [1.29, 1.82) is 0 Å². The van der Waals surface area contributed by atoms with Crippen LogP contribution in [-0.2, 0) is 0 Å². The standard InChI is InChI=1S/C16H26N2OS/c1-6-11(3)15-14(9-19)20-16(17-15)18-8-10(2)7-12(4)13(18)5/h9-13H,6-8H2,1-5H3. The van der Waals surface area contributed by atoms with Crippen LogP contribution in [0.5, 0.6) is 0 Å². The molecule has 20 heavy (non-hydrogen) atoms. The molecule has 1 saturated heterocycles. The molecular weight excluding hydrogens is 268 g/mol. The molecule has 4 unspecified atom stereocenters. The lowest BCUT2D eigenvalue weighted by molar-refractivity contribution is 0.112. The quantitative estimate of drug-likeness (QED) is 0.774. The van der Waals surface area contributed by atoms with Gasteiger partial charge in [-0.15, -0.1) is 0 Å². The molecule has 4 heteroatoms. The molecule has 112 valence electrons. The van der Waals surface area contributed by atoms with Crippen LogP contribution in [0.3, 0.4) is 0 Å². The first kappa shape index (κ1) is 15.5. The average Bonchev–Trinajstić information content (AvgIpc) is 2.85. The van der Waals surface area contributed by atoms with Crippen molar-refractivity contribution in [3.8, 4) is 0 Å². The molecule has 1 aliphatic heterocycles. The highest BCUT2D eigenvalue weighted by Gasteiger charge is 2.31. The summed E-state index contributed by atoms with van der Waals surface area (Å²) in [5.74, 6) is 1.72. The monoisotopic (exact) mass is 294 g/mol. The van der Waals surface area contributed by atoms with Gasteiger partial charge in [0, 0.05) is 12.6 Å². The van der Waals surface area contributed by atoms with Crippen LogP contribution < -0.4 is 4.90 Å². The smallest absolute Gasteiger partial charge is 0.186 e. The van der Waals surface area contributed by atoms with Gasteiger partial charge < -0.3 is 4.90 Å². The molecule has 1 aromatic rings. The summed E-state index contributed by atoms with van der Waals surface area (Å²) in [5, 5.41) is 1.04. The van der Waals surface area contributed by atoms with E-state index in [1.54, 1.807) is 11.3 Å². The highest BCUT2D eigenvalue weighted by atomic mass is 32.1. The summed E-state index contributed by atoms with van der Waals surface area (Å²) in [6.07, 6.45) is 3.28. The van der Waals surface area contributed by atoms with E-state index in [1.807, 2.05) is 0 Å². The predicted octanol–water partition coefficient (Wildman–Crippen LogP) is 4.34. The van der Waals surface area contributed by atoms with Gasteiger partial charge in [-0.05, 0) is 37.5 Å². The third kappa shape index (κ3) is 2.90. The number of piperidine rings is 1. The van der Waals surface area contributed by atoms with Gasteiger partial charge in [-0.3, -0.25) is 4.79 Å². The van der Waals surface area contributed by atoms with E-state index in [2.05, 4.69) is 39.5 Å². The summed E-state index contributed by atoms with van der Waals surface area (Å²) >= 11 is 1.56. The molecule has 0 aromatic carbocycles. The van der Waals surface area contributed by atoms with Crippen LogP contribution in [0, 0.1) is 11.8 Å². The maximum Gasteiger partial charge on any atom is 0.186 e. The Hall–Kier alpha value is -0.900. The van der Waals surface area contributed by atoms with Crippen LogP contribution in [0.25, 0.3) is 0 Å². The van der Waals surface area contributed by atoms with Gasteiger partial charge in [-0.25, -0.2) is 4.98 Å². The van der Waals surface area contributed by atoms with Crippen molar-refractivity contribution >= 4 is 22.8 Å². The molecule has 1 aliphatic rings. The van der Waals surface area contributed by atoms with Crippen LogP contribution >= 0.6 is 11.3 Å². The van der Waals surface area contributed by atoms with Crippen molar-refractivity contribution in [2.45, 2.75) is 59.4 Å². The van der Waals surface area contributed by atoms with E-state index >= 15 is 0 Å². The third-order valence-corrected chi connectivity index (χ3v) is 5.73. The molecular formula is C16H26N2OS. The largest absolute Gasteiger partial charge is 0.345 e. The molecule has 0 aliphatic carbocycles. The van der Waals surface area contributed by atoms with Gasteiger partial charge in [0.15, 0.2) is 11.4 Å². The second-order valence-electron chi connectivity index (χ2n) is 6.38. The van der Waals surface area contributed by atoms with Gasteiger partial charge in [0.25, 0.3) is 0 Å². The minimum Gasteiger partial charge on any atom is -0.345 e. The number of carbonyl (C=O) groups is 1. The van der Waals surface area contributed by atoms with Crippen molar-refractivity contribution in [2.24, 2.45) is 11.8 Å². The number of anilines is 1. The topological polar surface area (TPSA) is 33.2 Å². The van der Waals surface area contributed by atoms with E-state index in [1.165, 1.54) is 6.42 Å². The molecule has 0 bridgehead atoms. The zero-order valence-corrected chi connectivity index (χ0v) is 14.0. The fourth-order valence-corrected chi connectivity index (χ4v) is 4.15. The summed E-state index contributed by atoms with van der Waals surface area (Å²) < 4.78 is 0. The predicted molar refractivity (Wildman–Crippen MR) is 86.0 cm³/mol. The Balaban J connectivity index is 2.32. The lowest BCUT2D eigenvalue weighted by atomic mass is 9.86. The highest BCUT2D eigenvalue weighted by molar-refractivity contribution is 7.17. The highest BCUT2D eigenvalue weighted by Crippen LogP contribution is 2.36. The van der Waals surface area contributed by atoms with E-state index in [0.717, 1.165) is 35.0 Å². The first-order chi connectivity index (χ1) is 9.47. The van der Waals surface area contributed by atoms with Gasteiger partial charge in [0.1, 0.15) is 0 Å². The van der Waals surface area contributed by atoms with E-state index in [-0.39, 0.29) is 0 Å². The second-order valence-corrected chi connectivity index (χ2v) is 7.39. The Kier molecular flexibility index (Phi) is 4.84. The summed E-state index contributed by atoms with van der Waals surface area (Å²) in [5.41, 5.74) is 0.987. The molecule has 4 atom stereocenters. The van der Waals surface area contributed by atoms with Gasteiger partial charge >= 0.3 is 0 Å². The van der Waals surface area contributed by atoms with Crippen molar-refractivity contribution < 1.29 is 4.79 Å². The number of aldehydes is 1. The SMILES string of the molecule is CCC(C)c1nc(N2CC(C)CC(C)C2C)sc1C=O. The van der Waals surface area contributed by atoms with E-state index in [0.29, 0.717) is 23.8 Å². The summed E-state index contributed by atoms with van der Waals surface area (Å²) in [4.78, 5) is 19.3. The van der Waals surface area contributed by atoms with Crippen molar-refractivity contribution in [3.05, 3.63) is 10.6 Å². The minimum absolute atomic E-state index is 0.357. The van der Waals surface area contributed by atoms with Crippen molar-refractivity contribution in [2.75, 3.05) is 11.4 Å². The lowest BCUT2D eigenvalue weighted by Gasteiger charge is -2.41. The molecule has 3 nitrogen and oxygen atoms in total. The normalized spacial score (nSPS) is 28.4. The fourth-order valence-electron chi connectivity index (χ4n) is 3.05. The van der Waals surface area contributed by atoms with Crippen LogP contribution in [-0.4, -0.2) is 23.9 Å². The van der Waals surface area contributed by atoms with Gasteiger partial charge in [0.2, 0.25) is 0 Å². The van der Waals surface area contributed by atoms with E-state index < -0.39 is 0 Å². The van der Waals surface area contributed by atoms with Crippen molar-refractivity contribution in [3.63, 3.8) is 0 Å². The molecule has 0 spiro atoms. The number of hydrogen-bond donors (Lipinski definition) is 0. The zero-order chi connectivity index (χ0) is 14.9. The first-order valence-electron chi connectivity index (χ1n) is 7.70. The average molecular weight is 294 g/mol. The van der Waals surface area contributed by atoms with E-state index in [9.17, 15) is 4.79 Å². The second kappa shape index (κ2) is 6.25. The van der Waals surface area contributed by atoms with Gasteiger partial charge in [-0.1, -0.05) is 39.0 Å². The molecule has 0 saturated carbocycles. The molecule has 1 fully saturated rings. The lowest BCUT2D eigenvalue weighted by Crippen LogP contribution is -2.45. The Bertz CT molecular complexity index is 471. The molecule has 0 radical (unpaired) electrons. The van der Waals surface area contributed by atoms with Crippen LogP contribution in [0.15, 0.2) is 0 Å². The summed E-state index contributed by atoms with van der Waals surface area (Å²) in [7, 11) is 0. The Morgan fingerprint density at radius 2 is 2.15 bits per heavy atom. The fraction of sp³-hybridized carbons (Fsp3) is 0.750. The Morgan fingerprint density at radius 1 is 1.45 bits per heavy atom. The number of hydrogen-bond acceptors (Lipinski definition) is 4.